The van der Waals surface area contributed by atoms with Crippen LogP contribution in [0.25, 0.3) is 0 Å². The lowest BCUT2D eigenvalue weighted by atomic mass is 9.87. The first-order valence-electron chi connectivity index (χ1n) is 8.81. The number of halogens is 1. The van der Waals surface area contributed by atoms with Crippen LogP contribution in [0.3, 0.4) is 0 Å². The summed E-state index contributed by atoms with van der Waals surface area (Å²) in [4.78, 5) is 0. The van der Waals surface area contributed by atoms with Crippen molar-refractivity contribution in [3.63, 3.8) is 0 Å². The third kappa shape index (κ3) is 4.42. The molecule has 0 radical (unpaired) electrons. The van der Waals surface area contributed by atoms with Crippen molar-refractivity contribution in [2.24, 2.45) is 0 Å². The van der Waals surface area contributed by atoms with E-state index in [0.29, 0.717) is 6.04 Å². The van der Waals surface area contributed by atoms with Gasteiger partial charge in [0.2, 0.25) is 0 Å². The van der Waals surface area contributed by atoms with Gasteiger partial charge in [0, 0.05) is 12.1 Å². The minimum absolute atomic E-state index is 0. The van der Waals surface area contributed by atoms with E-state index in [1.807, 2.05) is 12.1 Å². The molecule has 2 aromatic rings. The van der Waals surface area contributed by atoms with Crippen LogP contribution in [0.4, 0.5) is 0 Å². The van der Waals surface area contributed by atoms with Crippen molar-refractivity contribution in [2.45, 2.75) is 31.8 Å². The molecule has 6 heteroatoms. The van der Waals surface area contributed by atoms with Crippen molar-refractivity contribution >= 4 is 12.4 Å². The molecule has 0 aromatic heterocycles. The Morgan fingerprint density at radius 2 is 1.44 bits per heavy atom. The quantitative estimate of drug-likeness (QED) is 0.804. The number of ether oxygens (including phenoxy) is 4. The Labute approximate surface area is 167 Å². The Morgan fingerprint density at radius 3 is 2.07 bits per heavy atom. The highest BCUT2D eigenvalue weighted by Crippen LogP contribution is 2.38. The maximum atomic E-state index is 5.51. The molecule has 1 aliphatic rings. The molecule has 27 heavy (non-hydrogen) atoms. The van der Waals surface area contributed by atoms with Gasteiger partial charge in [0.05, 0.1) is 28.4 Å². The lowest BCUT2D eigenvalue weighted by Gasteiger charge is -2.32. The van der Waals surface area contributed by atoms with E-state index in [9.17, 15) is 0 Å². The van der Waals surface area contributed by atoms with Crippen molar-refractivity contribution in [1.29, 1.82) is 0 Å². The van der Waals surface area contributed by atoms with Gasteiger partial charge >= 0.3 is 0 Å². The average molecular weight is 394 g/mol. The van der Waals surface area contributed by atoms with E-state index in [4.69, 9.17) is 18.9 Å². The number of methoxy groups -OCH3 is 4. The SMILES string of the molecule is COc1ccc(CC2N[C@H](C)Cc3cc(OC)c(OC)cc32)cc1OC.Cl. The van der Waals surface area contributed by atoms with Crippen molar-refractivity contribution in [2.75, 3.05) is 28.4 Å². The fourth-order valence-electron chi connectivity index (χ4n) is 3.67. The van der Waals surface area contributed by atoms with Crippen LogP contribution in [-0.4, -0.2) is 34.5 Å². The second-order valence-electron chi connectivity index (χ2n) is 6.62. The lowest BCUT2D eigenvalue weighted by Crippen LogP contribution is -2.38. The molecular weight excluding hydrogens is 366 g/mol. The Morgan fingerprint density at radius 1 is 0.852 bits per heavy atom. The maximum absolute atomic E-state index is 5.51. The molecule has 0 aliphatic carbocycles. The molecule has 0 bridgehead atoms. The molecule has 148 valence electrons. The smallest absolute Gasteiger partial charge is 0.161 e. The first-order valence-corrected chi connectivity index (χ1v) is 8.81. The summed E-state index contributed by atoms with van der Waals surface area (Å²) in [6, 6.07) is 10.9. The molecule has 5 nitrogen and oxygen atoms in total. The van der Waals surface area contributed by atoms with Crippen molar-refractivity contribution in [3.05, 3.63) is 47.0 Å². The summed E-state index contributed by atoms with van der Waals surface area (Å²) in [6.07, 6.45) is 1.82. The minimum atomic E-state index is 0. The van der Waals surface area contributed by atoms with Crippen LogP contribution >= 0.6 is 12.4 Å². The highest BCUT2D eigenvalue weighted by molar-refractivity contribution is 5.85. The van der Waals surface area contributed by atoms with E-state index < -0.39 is 0 Å². The molecule has 2 aromatic carbocycles. The van der Waals surface area contributed by atoms with Crippen LogP contribution in [0.2, 0.25) is 0 Å². The molecule has 2 atom stereocenters. The first-order chi connectivity index (χ1) is 12.6. The third-order valence-electron chi connectivity index (χ3n) is 4.92. The normalized spacial score (nSPS) is 18.1. The molecule has 0 saturated heterocycles. The van der Waals surface area contributed by atoms with Crippen molar-refractivity contribution in [3.8, 4) is 23.0 Å². The van der Waals surface area contributed by atoms with Crippen LogP contribution < -0.4 is 24.3 Å². The van der Waals surface area contributed by atoms with Gasteiger partial charge in [-0.05, 0) is 60.7 Å². The van der Waals surface area contributed by atoms with Crippen molar-refractivity contribution in [1.82, 2.24) is 5.32 Å². The average Bonchev–Trinajstić information content (AvgIpc) is 2.66. The van der Waals surface area contributed by atoms with Gasteiger partial charge in [0.1, 0.15) is 0 Å². The fourth-order valence-corrected chi connectivity index (χ4v) is 3.67. The third-order valence-corrected chi connectivity index (χ3v) is 4.92. The van der Waals surface area contributed by atoms with Crippen LogP contribution in [0.1, 0.15) is 29.7 Å². The van der Waals surface area contributed by atoms with Gasteiger partial charge in [-0.25, -0.2) is 0 Å². The molecular formula is C21H28ClNO4. The fraction of sp³-hybridized carbons (Fsp3) is 0.429. The molecule has 0 amide bonds. The zero-order chi connectivity index (χ0) is 18.7. The lowest BCUT2D eigenvalue weighted by molar-refractivity contribution is 0.348. The molecule has 0 fully saturated rings. The van der Waals surface area contributed by atoms with Gasteiger partial charge in [-0.2, -0.15) is 0 Å². The minimum Gasteiger partial charge on any atom is -0.493 e. The Kier molecular flexibility index (Phi) is 7.22. The summed E-state index contributed by atoms with van der Waals surface area (Å²) in [6.45, 7) is 2.21. The number of hydrogen-bond acceptors (Lipinski definition) is 5. The van der Waals surface area contributed by atoms with E-state index in [1.165, 1.54) is 16.7 Å². The molecule has 0 saturated carbocycles. The summed E-state index contributed by atoms with van der Waals surface area (Å²) >= 11 is 0. The highest BCUT2D eigenvalue weighted by atomic mass is 35.5. The maximum Gasteiger partial charge on any atom is 0.161 e. The van der Waals surface area contributed by atoms with E-state index in [1.54, 1.807) is 28.4 Å². The number of fused-ring (bicyclic) bond motifs is 1. The van der Waals surface area contributed by atoms with Gasteiger partial charge in [-0.1, -0.05) is 6.07 Å². The standard InChI is InChI=1S/C21H27NO4.ClH/c1-13-8-15-11-20(25-4)21(26-5)12-16(15)17(22-13)9-14-6-7-18(23-2)19(10-14)24-3;/h6-7,10-13,17,22H,8-9H2,1-5H3;1H/t13-,17?;/m1./s1. The predicted molar refractivity (Wildman–Crippen MR) is 109 cm³/mol. The summed E-state index contributed by atoms with van der Waals surface area (Å²) in [5, 5.41) is 3.71. The van der Waals surface area contributed by atoms with Crippen molar-refractivity contribution < 1.29 is 18.9 Å². The summed E-state index contributed by atoms with van der Waals surface area (Å²) in [5.74, 6) is 3.04. The monoisotopic (exact) mass is 393 g/mol. The van der Waals surface area contributed by atoms with Crippen LogP contribution in [0.5, 0.6) is 23.0 Å². The van der Waals surface area contributed by atoms with Crippen LogP contribution in [0.15, 0.2) is 30.3 Å². The second-order valence-corrected chi connectivity index (χ2v) is 6.62. The van der Waals surface area contributed by atoms with Gasteiger partial charge < -0.3 is 24.3 Å². The zero-order valence-electron chi connectivity index (χ0n) is 16.5. The Balaban J connectivity index is 0.00000261. The van der Waals surface area contributed by atoms with Gasteiger partial charge in [0.15, 0.2) is 23.0 Å². The van der Waals surface area contributed by atoms with E-state index in [0.717, 1.165) is 35.8 Å². The first kappa shape index (κ1) is 21.2. The van der Waals surface area contributed by atoms with Crippen LogP contribution in [-0.2, 0) is 12.8 Å². The Hall–Kier alpha value is -2.11. The highest BCUT2D eigenvalue weighted by Gasteiger charge is 2.26. The van der Waals surface area contributed by atoms with E-state index >= 15 is 0 Å². The van der Waals surface area contributed by atoms with E-state index in [-0.39, 0.29) is 18.4 Å². The van der Waals surface area contributed by atoms with Gasteiger partial charge in [0.25, 0.3) is 0 Å². The van der Waals surface area contributed by atoms with E-state index in [2.05, 4.69) is 30.4 Å². The molecule has 0 spiro atoms. The topological polar surface area (TPSA) is 49.0 Å². The van der Waals surface area contributed by atoms with Crippen LogP contribution in [0, 0.1) is 0 Å². The zero-order valence-corrected chi connectivity index (χ0v) is 17.3. The number of hydrogen-bond donors (Lipinski definition) is 1. The number of benzene rings is 2. The molecule has 1 aliphatic heterocycles. The largest absolute Gasteiger partial charge is 0.493 e. The second kappa shape index (κ2) is 9.20. The summed E-state index contributed by atoms with van der Waals surface area (Å²) in [7, 11) is 6.66. The number of nitrogens with one attached hydrogen (secondary N) is 1. The predicted octanol–water partition coefficient (Wildman–Crippen LogP) is 3.96. The van der Waals surface area contributed by atoms with Gasteiger partial charge in [-0.15, -0.1) is 12.4 Å². The molecule has 1 heterocycles. The summed E-state index contributed by atoms with van der Waals surface area (Å²) < 4.78 is 21.8. The van der Waals surface area contributed by atoms with Gasteiger partial charge in [-0.3, -0.25) is 0 Å². The molecule has 1 N–H and O–H groups in total. The summed E-state index contributed by atoms with van der Waals surface area (Å²) in [5.41, 5.74) is 3.75. The molecule has 3 rings (SSSR count). The molecule has 1 unspecified atom stereocenters. The number of rotatable bonds is 6. The Bertz CT molecular complexity index is 781.